The molecule has 1 saturated heterocycles. The summed E-state index contributed by atoms with van der Waals surface area (Å²) in [5, 5.41) is 9.75. The normalized spacial score (nSPS) is 17.6. The zero-order valence-electron chi connectivity index (χ0n) is 11.1. The predicted molar refractivity (Wildman–Crippen MR) is 74.3 cm³/mol. The summed E-state index contributed by atoms with van der Waals surface area (Å²) < 4.78 is 13.4. The average Bonchev–Trinajstić information content (AvgIpc) is 2.82. The molecule has 0 radical (unpaired) electrons. The van der Waals surface area contributed by atoms with E-state index in [4.69, 9.17) is 5.11 Å². The van der Waals surface area contributed by atoms with Crippen molar-refractivity contribution in [3.05, 3.63) is 35.8 Å². The largest absolute Gasteiger partial charge is 0.480 e. The SMILES string of the molecule is O=C(O)CN1CCC(c2c[nH]c3ccc(F)cc23)CC1. The third-order valence-corrected chi connectivity index (χ3v) is 4.06. The van der Waals surface area contributed by atoms with Crippen LogP contribution in [-0.2, 0) is 4.79 Å². The van der Waals surface area contributed by atoms with Gasteiger partial charge in [-0.25, -0.2) is 4.39 Å². The van der Waals surface area contributed by atoms with Crippen LogP contribution in [0.25, 0.3) is 10.9 Å². The molecule has 1 fully saturated rings. The Morgan fingerprint density at radius 2 is 2.15 bits per heavy atom. The van der Waals surface area contributed by atoms with Gasteiger partial charge in [0.2, 0.25) is 0 Å². The van der Waals surface area contributed by atoms with Gasteiger partial charge in [0.25, 0.3) is 0 Å². The number of aromatic nitrogens is 1. The number of aromatic amines is 1. The Balaban J connectivity index is 1.76. The van der Waals surface area contributed by atoms with E-state index in [1.807, 2.05) is 11.1 Å². The lowest BCUT2D eigenvalue weighted by Crippen LogP contribution is -2.36. The number of nitrogens with zero attached hydrogens (tertiary/aromatic N) is 1. The Bertz CT molecular complexity index is 630. The van der Waals surface area contributed by atoms with E-state index >= 15 is 0 Å². The predicted octanol–water partition coefficient (Wildman–Crippen LogP) is 2.57. The summed E-state index contributed by atoms with van der Waals surface area (Å²) in [6, 6.07) is 4.79. The van der Waals surface area contributed by atoms with E-state index in [0.29, 0.717) is 5.92 Å². The van der Waals surface area contributed by atoms with E-state index in [1.165, 1.54) is 6.07 Å². The topological polar surface area (TPSA) is 56.3 Å². The number of hydrogen-bond acceptors (Lipinski definition) is 2. The first-order chi connectivity index (χ1) is 9.63. The van der Waals surface area contributed by atoms with Gasteiger partial charge in [-0.3, -0.25) is 9.69 Å². The molecule has 3 rings (SSSR count). The van der Waals surface area contributed by atoms with Crippen molar-refractivity contribution in [3.63, 3.8) is 0 Å². The Morgan fingerprint density at radius 1 is 1.40 bits per heavy atom. The Labute approximate surface area is 116 Å². The number of fused-ring (bicyclic) bond motifs is 1. The molecule has 1 aromatic carbocycles. The fourth-order valence-corrected chi connectivity index (χ4v) is 3.05. The third kappa shape index (κ3) is 2.54. The maximum Gasteiger partial charge on any atom is 0.317 e. The molecule has 2 aromatic rings. The molecule has 106 valence electrons. The van der Waals surface area contributed by atoms with Crippen molar-refractivity contribution >= 4 is 16.9 Å². The lowest BCUT2D eigenvalue weighted by atomic mass is 9.89. The van der Waals surface area contributed by atoms with Crippen LogP contribution < -0.4 is 0 Å². The molecule has 5 heteroatoms. The van der Waals surface area contributed by atoms with E-state index in [9.17, 15) is 9.18 Å². The molecule has 0 aliphatic carbocycles. The lowest BCUT2D eigenvalue weighted by molar-refractivity contribution is -0.138. The van der Waals surface area contributed by atoms with Gasteiger partial charge in [-0.05, 0) is 55.6 Å². The molecule has 1 aromatic heterocycles. The van der Waals surface area contributed by atoms with Crippen LogP contribution in [-0.4, -0.2) is 40.6 Å². The fraction of sp³-hybridized carbons (Fsp3) is 0.400. The Kier molecular flexibility index (Phi) is 3.44. The second kappa shape index (κ2) is 5.25. The molecule has 2 N–H and O–H groups in total. The summed E-state index contributed by atoms with van der Waals surface area (Å²) in [5.74, 6) is -0.630. The first kappa shape index (κ1) is 13.1. The first-order valence-electron chi connectivity index (χ1n) is 6.84. The summed E-state index contributed by atoms with van der Waals surface area (Å²) in [4.78, 5) is 15.8. The van der Waals surface area contributed by atoms with E-state index in [0.717, 1.165) is 42.4 Å². The molecule has 1 aliphatic rings. The van der Waals surface area contributed by atoms with Crippen LogP contribution in [0.1, 0.15) is 24.3 Å². The maximum atomic E-state index is 13.4. The fourth-order valence-electron chi connectivity index (χ4n) is 3.05. The minimum absolute atomic E-state index is 0.106. The smallest absolute Gasteiger partial charge is 0.317 e. The van der Waals surface area contributed by atoms with E-state index < -0.39 is 5.97 Å². The number of H-pyrrole nitrogens is 1. The molecule has 20 heavy (non-hydrogen) atoms. The number of carboxylic acids is 1. The lowest BCUT2D eigenvalue weighted by Gasteiger charge is -2.30. The van der Waals surface area contributed by atoms with Crippen molar-refractivity contribution in [2.24, 2.45) is 0 Å². The number of benzene rings is 1. The van der Waals surface area contributed by atoms with Gasteiger partial charge in [0.1, 0.15) is 5.82 Å². The van der Waals surface area contributed by atoms with Gasteiger partial charge in [0.15, 0.2) is 0 Å². The number of halogens is 1. The van der Waals surface area contributed by atoms with Gasteiger partial charge in [-0.2, -0.15) is 0 Å². The zero-order chi connectivity index (χ0) is 14.1. The van der Waals surface area contributed by atoms with Gasteiger partial charge in [-0.15, -0.1) is 0 Å². The molecule has 4 nitrogen and oxygen atoms in total. The summed E-state index contributed by atoms with van der Waals surface area (Å²) >= 11 is 0. The monoisotopic (exact) mass is 276 g/mol. The van der Waals surface area contributed by atoms with Gasteiger partial charge in [0.05, 0.1) is 6.54 Å². The number of likely N-dealkylation sites (tertiary alicyclic amines) is 1. The number of hydrogen-bond donors (Lipinski definition) is 2. The van der Waals surface area contributed by atoms with Gasteiger partial charge in [-0.1, -0.05) is 0 Å². The number of rotatable bonds is 3. The van der Waals surface area contributed by atoms with E-state index in [1.54, 1.807) is 12.1 Å². The van der Waals surface area contributed by atoms with Crippen LogP contribution in [0.15, 0.2) is 24.4 Å². The first-order valence-corrected chi connectivity index (χ1v) is 6.84. The highest BCUT2D eigenvalue weighted by Crippen LogP contribution is 2.33. The summed E-state index contributed by atoms with van der Waals surface area (Å²) in [5.41, 5.74) is 2.10. The summed E-state index contributed by atoms with van der Waals surface area (Å²) in [6.45, 7) is 1.66. The number of nitrogens with one attached hydrogen (secondary N) is 1. The number of piperidine rings is 1. The average molecular weight is 276 g/mol. The third-order valence-electron chi connectivity index (χ3n) is 4.06. The molecule has 2 heterocycles. The molecular weight excluding hydrogens is 259 g/mol. The molecule has 0 spiro atoms. The van der Waals surface area contributed by atoms with Crippen LogP contribution in [0, 0.1) is 5.82 Å². The Morgan fingerprint density at radius 3 is 2.85 bits per heavy atom. The molecule has 0 amide bonds. The van der Waals surface area contributed by atoms with Crippen LogP contribution in [0.5, 0.6) is 0 Å². The maximum absolute atomic E-state index is 13.4. The minimum atomic E-state index is -0.780. The molecular formula is C15H17FN2O2. The molecule has 0 unspecified atom stereocenters. The van der Waals surface area contributed by atoms with Crippen LogP contribution in [0.2, 0.25) is 0 Å². The molecule has 0 atom stereocenters. The minimum Gasteiger partial charge on any atom is -0.480 e. The van der Waals surface area contributed by atoms with Crippen molar-refractivity contribution in [2.45, 2.75) is 18.8 Å². The second-order valence-electron chi connectivity index (χ2n) is 5.38. The highest BCUT2D eigenvalue weighted by atomic mass is 19.1. The van der Waals surface area contributed by atoms with E-state index in [2.05, 4.69) is 4.98 Å². The number of carbonyl (C=O) groups is 1. The van der Waals surface area contributed by atoms with Crippen molar-refractivity contribution in [3.8, 4) is 0 Å². The molecule has 0 bridgehead atoms. The Hall–Kier alpha value is -1.88. The quantitative estimate of drug-likeness (QED) is 0.906. The highest BCUT2D eigenvalue weighted by molar-refractivity contribution is 5.83. The van der Waals surface area contributed by atoms with Gasteiger partial charge < -0.3 is 10.1 Å². The summed E-state index contributed by atoms with van der Waals surface area (Å²) in [6.07, 6.45) is 3.79. The highest BCUT2D eigenvalue weighted by Gasteiger charge is 2.23. The van der Waals surface area contributed by atoms with Crippen molar-refractivity contribution in [2.75, 3.05) is 19.6 Å². The number of carboxylic acid groups (broad SMARTS) is 1. The van der Waals surface area contributed by atoms with Crippen molar-refractivity contribution in [1.82, 2.24) is 9.88 Å². The standard InChI is InChI=1S/C15H17FN2O2/c16-11-1-2-14-12(7-11)13(8-17-14)10-3-5-18(6-4-10)9-15(19)20/h1-2,7-8,10,17H,3-6,9H2,(H,19,20). The van der Waals surface area contributed by atoms with Crippen LogP contribution >= 0.6 is 0 Å². The summed E-state index contributed by atoms with van der Waals surface area (Å²) in [7, 11) is 0. The van der Waals surface area contributed by atoms with Crippen molar-refractivity contribution in [1.29, 1.82) is 0 Å². The van der Waals surface area contributed by atoms with E-state index in [-0.39, 0.29) is 12.4 Å². The van der Waals surface area contributed by atoms with Gasteiger partial charge >= 0.3 is 5.97 Å². The zero-order valence-corrected chi connectivity index (χ0v) is 11.1. The number of aliphatic carboxylic acids is 1. The molecule has 0 saturated carbocycles. The molecule has 1 aliphatic heterocycles. The van der Waals surface area contributed by atoms with Crippen LogP contribution in [0.3, 0.4) is 0 Å². The second-order valence-corrected chi connectivity index (χ2v) is 5.38. The van der Waals surface area contributed by atoms with Gasteiger partial charge in [0, 0.05) is 17.1 Å². The van der Waals surface area contributed by atoms with Crippen molar-refractivity contribution < 1.29 is 14.3 Å². The van der Waals surface area contributed by atoms with Crippen LogP contribution in [0.4, 0.5) is 4.39 Å².